The van der Waals surface area contributed by atoms with Gasteiger partial charge >= 0.3 is 0 Å². The van der Waals surface area contributed by atoms with Crippen LogP contribution in [0.4, 0.5) is 5.69 Å². The van der Waals surface area contributed by atoms with E-state index in [1.165, 1.54) is 0 Å². The summed E-state index contributed by atoms with van der Waals surface area (Å²) in [6.45, 7) is 8.00. The van der Waals surface area contributed by atoms with Crippen LogP contribution >= 0.6 is 0 Å². The molecular weight excluding hydrogens is 198 g/mol. The summed E-state index contributed by atoms with van der Waals surface area (Å²) in [6, 6.07) is 10.9. The van der Waals surface area contributed by atoms with Gasteiger partial charge in [0.1, 0.15) is 5.75 Å². The first-order valence-corrected chi connectivity index (χ1v) is 5.75. The Morgan fingerprint density at radius 3 is 1.88 bits per heavy atom. The molecule has 3 N–H and O–H groups in total. The third-order valence-electron chi connectivity index (χ3n) is 1.91. The van der Waals surface area contributed by atoms with Gasteiger partial charge in [0, 0.05) is 11.1 Å². The largest absolute Gasteiger partial charge is 0.507 e. The minimum Gasteiger partial charge on any atom is -0.507 e. The molecule has 0 bridgehead atoms. The molecule has 88 valence electrons. The van der Waals surface area contributed by atoms with Crippen molar-refractivity contribution in [2.45, 2.75) is 27.7 Å². The Kier molecular flexibility index (Phi) is 6.77. The highest BCUT2D eigenvalue weighted by Crippen LogP contribution is 2.28. The van der Waals surface area contributed by atoms with E-state index in [1.807, 2.05) is 45.9 Å². The van der Waals surface area contributed by atoms with Crippen LogP contribution in [0.5, 0.6) is 5.75 Å². The molecule has 0 saturated carbocycles. The third kappa shape index (κ3) is 3.16. The molecule has 2 aromatic rings. The quantitative estimate of drug-likeness (QED) is 0.653. The summed E-state index contributed by atoms with van der Waals surface area (Å²) in [4.78, 5) is 0. The summed E-state index contributed by atoms with van der Waals surface area (Å²) < 4.78 is 0. The van der Waals surface area contributed by atoms with Crippen LogP contribution in [0, 0.1) is 0 Å². The maximum atomic E-state index is 9.47. The average molecular weight is 219 g/mol. The fourth-order valence-electron chi connectivity index (χ4n) is 1.35. The Hall–Kier alpha value is -1.70. The van der Waals surface area contributed by atoms with E-state index in [4.69, 9.17) is 5.73 Å². The first-order chi connectivity index (χ1) is 7.79. The second kappa shape index (κ2) is 7.57. The van der Waals surface area contributed by atoms with Crippen LogP contribution in [0.15, 0.2) is 36.4 Å². The minimum atomic E-state index is 0.241. The molecule has 0 fully saturated rings. The van der Waals surface area contributed by atoms with Crippen LogP contribution in [0.2, 0.25) is 0 Å². The average Bonchev–Trinajstić information content (AvgIpc) is 2.34. The summed E-state index contributed by atoms with van der Waals surface area (Å²) in [7, 11) is 0. The zero-order chi connectivity index (χ0) is 12.6. The number of fused-ring (bicyclic) bond motifs is 1. The lowest BCUT2D eigenvalue weighted by Gasteiger charge is -2.02. The monoisotopic (exact) mass is 219 g/mol. The minimum absolute atomic E-state index is 0.241. The maximum Gasteiger partial charge on any atom is 0.125 e. The van der Waals surface area contributed by atoms with Gasteiger partial charge in [-0.15, -0.1) is 0 Å². The predicted octanol–water partition coefficient (Wildman–Crippen LogP) is 4.18. The zero-order valence-electron chi connectivity index (χ0n) is 10.5. The molecule has 2 nitrogen and oxygen atoms in total. The molecule has 0 spiro atoms. The molecule has 0 atom stereocenters. The lowest BCUT2D eigenvalue weighted by atomic mass is 10.1. The molecule has 0 aromatic heterocycles. The molecule has 0 aliphatic carbocycles. The predicted molar refractivity (Wildman–Crippen MR) is 72.7 cm³/mol. The zero-order valence-corrected chi connectivity index (χ0v) is 10.5. The first kappa shape index (κ1) is 14.3. The van der Waals surface area contributed by atoms with E-state index >= 15 is 0 Å². The van der Waals surface area contributed by atoms with E-state index < -0.39 is 0 Å². The van der Waals surface area contributed by atoms with Gasteiger partial charge in [-0.1, -0.05) is 52.0 Å². The SMILES string of the molecule is CC.CC.Nc1cccc2cccc(O)c12. The molecule has 0 saturated heterocycles. The maximum absolute atomic E-state index is 9.47. The molecule has 2 heteroatoms. The second-order valence-electron chi connectivity index (χ2n) is 2.72. The Bertz CT molecular complexity index is 387. The van der Waals surface area contributed by atoms with Gasteiger partial charge in [0.15, 0.2) is 0 Å². The smallest absolute Gasteiger partial charge is 0.125 e. The number of nitrogen functional groups attached to an aromatic ring is 1. The Balaban J connectivity index is 0.000000509. The number of hydrogen-bond donors (Lipinski definition) is 2. The molecule has 0 amide bonds. The van der Waals surface area contributed by atoms with E-state index in [0.29, 0.717) is 5.69 Å². The summed E-state index contributed by atoms with van der Waals surface area (Å²) in [5.41, 5.74) is 6.31. The van der Waals surface area contributed by atoms with Crippen LogP contribution in [-0.4, -0.2) is 5.11 Å². The number of phenols is 1. The van der Waals surface area contributed by atoms with E-state index in [2.05, 4.69) is 0 Å². The Morgan fingerprint density at radius 2 is 1.38 bits per heavy atom. The van der Waals surface area contributed by atoms with E-state index in [0.717, 1.165) is 10.8 Å². The topological polar surface area (TPSA) is 46.2 Å². The number of rotatable bonds is 0. The third-order valence-corrected chi connectivity index (χ3v) is 1.91. The van der Waals surface area contributed by atoms with Crippen molar-refractivity contribution >= 4 is 16.5 Å². The molecule has 0 radical (unpaired) electrons. The van der Waals surface area contributed by atoms with Gasteiger partial charge in [-0.2, -0.15) is 0 Å². The fraction of sp³-hybridized carbons (Fsp3) is 0.286. The molecule has 0 unspecified atom stereocenters. The van der Waals surface area contributed by atoms with Crippen molar-refractivity contribution in [3.63, 3.8) is 0 Å². The number of benzene rings is 2. The highest BCUT2D eigenvalue weighted by Gasteiger charge is 2.00. The molecule has 2 rings (SSSR count). The van der Waals surface area contributed by atoms with Gasteiger partial charge < -0.3 is 10.8 Å². The first-order valence-electron chi connectivity index (χ1n) is 5.75. The van der Waals surface area contributed by atoms with Gasteiger partial charge in [-0.3, -0.25) is 0 Å². The molecule has 2 aromatic carbocycles. The highest BCUT2D eigenvalue weighted by atomic mass is 16.3. The van der Waals surface area contributed by atoms with Crippen molar-refractivity contribution in [2.75, 3.05) is 5.73 Å². The van der Waals surface area contributed by atoms with Crippen LogP contribution < -0.4 is 5.73 Å². The van der Waals surface area contributed by atoms with E-state index in [9.17, 15) is 5.11 Å². The Labute approximate surface area is 97.7 Å². The number of aromatic hydroxyl groups is 1. The summed E-state index contributed by atoms with van der Waals surface area (Å²) >= 11 is 0. The van der Waals surface area contributed by atoms with E-state index in [1.54, 1.807) is 18.2 Å². The molecular formula is C14H21NO. The number of hydrogen-bond acceptors (Lipinski definition) is 2. The lowest BCUT2D eigenvalue weighted by molar-refractivity contribution is 0.482. The summed E-state index contributed by atoms with van der Waals surface area (Å²) in [6.07, 6.45) is 0. The number of anilines is 1. The second-order valence-corrected chi connectivity index (χ2v) is 2.72. The summed E-state index contributed by atoms with van der Waals surface area (Å²) in [5, 5.41) is 11.2. The van der Waals surface area contributed by atoms with Crippen molar-refractivity contribution < 1.29 is 5.11 Å². The molecule has 0 heterocycles. The van der Waals surface area contributed by atoms with Crippen molar-refractivity contribution in [3.8, 4) is 5.75 Å². The lowest BCUT2D eigenvalue weighted by Crippen LogP contribution is -1.85. The van der Waals surface area contributed by atoms with Crippen molar-refractivity contribution in [3.05, 3.63) is 36.4 Å². The van der Waals surface area contributed by atoms with Crippen molar-refractivity contribution in [1.82, 2.24) is 0 Å². The van der Waals surface area contributed by atoms with E-state index in [-0.39, 0.29) is 5.75 Å². The van der Waals surface area contributed by atoms with Crippen LogP contribution in [0.25, 0.3) is 10.8 Å². The molecule has 16 heavy (non-hydrogen) atoms. The van der Waals surface area contributed by atoms with Gasteiger partial charge in [-0.05, 0) is 17.5 Å². The van der Waals surface area contributed by atoms with Crippen LogP contribution in [-0.2, 0) is 0 Å². The van der Waals surface area contributed by atoms with Crippen molar-refractivity contribution in [2.24, 2.45) is 0 Å². The normalized spacial score (nSPS) is 8.50. The Morgan fingerprint density at radius 1 is 0.875 bits per heavy atom. The standard InChI is InChI=1S/C10H9NO.2C2H6/c11-8-5-1-3-7-4-2-6-9(12)10(7)8;2*1-2/h1-6,12H,11H2;2*1-2H3. The van der Waals surface area contributed by atoms with Gasteiger partial charge in [0.05, 0.1) is 0 Å². The molecule has 0 aliphatic rings. The van der Waals surface area contributed by atoms with Crippen LogP contribution in [0.3, 0.4) is 0 Å². The van der Waals surface area contributed by atoms with Crippen molar-refractivity contribution in [1.29, 1.82) is 0 Å². The van der Waals surface area contributed by atoms with Gasteiger partial charge in [0.25, 0.3) is 0 Å². The fourth-order valence-corrected chi connectivity index (χ4v) is 1.35. The number of nitrogens with two attached hydrogens (primary N) is 1. The van der Waals surface area contributed by atoms with Gasteiger partial charge in [0.2, 0.25) is 0 Å². The molecule has 0 aliphatic heterocycles. The number of phenolic OH excluding ortho intramolecular Hbond substituents is 1. The van der Waals surface area contributed by atoms with Gasteiger partial charge in [-0.25, -0.2) is 0 Å². The van der Waals surface area contributed by atoms with Crippen LogP contribution in [0.1, 0.15) is 27.7 Å². The highest BCUT2D eigenvalue weighted by molar-refractivity contribution is 5.97. The summed E-state index contributed by atoms with van der Waals surface area (Å²) in [5.74, 6) is 0.241.